The molecule has 4 aliphatic heterocycles. The maximum Gasteiger partial charge on any atom is 4.00 e. The minimum atomic E-state index is -0.680. The quantitative estimate of drug-likeness (QED) is 0.121. The zero-order chi connectivity index (χ0) is 34.8. The molecule has 4 aromatic rings. The van der Waals surface area contributed by atoms with Crippen molar-refractivity contribution in [3.05, 3.63) is 153 Å². The first-order valence-electron chi connectivity index (χ1n) is 16.5. The third-order valence-corrected chi connectivity index (χ3v) is 9.20. The molecule has 0 fully saturated rings. The molecule has 0 saturated heterocycles. The number of hydrogen-bond acceptors (Lipinski definition) is 4. The Kier molecular flexibility index (Phi) is 11.8. The van der Waals surface area contributed by atoms with Crippen LogP contribution in [0.3, 0.4) is 0 Å². The van der Waals surface area contributed by atoms with Gasteiger partial charge in [-0.05, 0) is 36.6 Å². The van der Waals surface area contributed by atoms with Gasteiger partial charge >= 0.3 is 21.7 Å². The number of ether oxygens (including phenoxy) is 2. The van der Waals surface area contributed by atoms with Gasteiger partial charge in [-0.3, -0.25) is 22.0 Å². The molecule has 6 aliphatic rings. The molecule has 2 aromatic carbocycles. The molecule has 0 unspecified atom stereocenters. The van der Waals surface area contributed by atoms with Crippen molar-refractivity contribution < 1.29 is 48.8 Å². The van der Waals surface area contributed by atoms with Crippen LogP contribution in [-0.2, 0) is 83.8 Å². The molecule has 0 saturated carbocycles. The van der Waals surface area contributed by atoms with Crippen molar-refractivity contribution in [1.82, 2.24) is 18.9 Å². The van der Waals surface area contributed by atoms with Gasteiger partial charge < -0.3 is 18.6 Å². The Morgan fingerprint density at radius 2 is 0.980 bits per heavy atom. The Morgan fingerprint density at radius 1 is 0.549 bits per heavy atom. The molecule has 0 amide bonds. The standard InChI is InChI=1S/2C15H13F2N2O.2C5H5.Ti/c2*1-18-5-10-11-7-20-8-15(11)19(14(10)6-18)13-3-2-9(16)4-12(13)17;2*1-2-4-5-3-1;/h2*2-3H,5-8H2,1H3;2*1-3H,4H2;/q4*-1;+4. The number of halogens is 4. The number of aromatic nitrogens is 2. The van der Waals surface area contributed by atoms with E-state index >= 15 is 0 Å². The first-order valence-corrected chi connectivity index (χ1v) is 16.5. The van der Waals surface area contributed by atoms with Crippen LogP contribution in [0, 0.1) is 47.6 Å². The van der Waals surface area contributed by atoms with E-state index in [1.165, 1.54) is 35.4 Å². The van der Waals surface area contributed by atoms with E-state index in [1.807, 2.05) is 47.5 Å². The molecule has 2 aliphatic carbocycles. The van der Waals surface area contributed by atoms with Gasteiger partial charge in [0.05, 0.1) is 26.4 Å². The van der Waals surface area contributed by atoms with E-state index in [1.54, 1.807) is 0 Å². The SMILES string of the molecule is CN1Cc2c3c(n(-c4ccc(F)[c-]c4F)c2C1)COC3.CN1Cc2c3c(n(-c4ccc(F)[c-]c4F)c2C1)COC3.[C-]1=CC=CC1.[C-]1=CC=CC1.[Ti+4]. The van der Waals surface area contributed by atoms with Crippen molar-refractivity contribution in [1.29, 1.82) is 0 Å². The number of allylic oxidation sites excluding steroid dienone is 8. The summed E-state index contributed by atoms with van der Waals surface area (Å²) in [4.78, 5) is 4.34. The normalized spacial score (nSPS) is 17.2. The summed E-state index contributed by atoms with van der Waals surface area (Å²) in [5, 5.41) is 0. The minimum absolute atomic E-state index is 0. The van der Waals surface area contributed by atoms with Gasteiger partial charge in [0, 0.05) is 83.4 Å². The second-order valence-corrected chi connectivity index (χ2v) is 12.7. The topological polar surface area (TPSA) is 34.8 Å². The molecule has 51 heavy (non-hydrogen) atoms. The molecule has 0 N–H and O–H groups in total. The van der Waals surface area contributed by atoms with Gasteiger partial charge in [-0.15, -0.1) is 49.2 Å². The largest absolute Gasteiger partial charge is 4.00 e. The molecule has 260 valence electrons. The maximum absolute atomic E-state index is 14.1. The molecular weight excluding hydrogens is 692 g/mol. The van der Waals surface area contributed by atoms with Crippen molar-refractivity contribution in [2.24, 2.45) is 0 Å². The average molecular weight is 729 g/mol. The summed E-state index contributed by atoms with van der Waals surface area (Å²) in [6.07, 6.45) is 20.0. The van der Waals surface area contributed by atoms with Gasteiger partial charge in [-0.25, -0.2) is 41.9 Å². The van der Waals surface area contributed by atoms with Crippen LogP contribution in [0.5, 0.6) is 0 Å². The molecule has 0 radical (unpaired) electrons. The second kappa shape index (κ2) is 16.3. The van der Waals surface area contributed by atoms with Gasteiger partial charge in [0.25, 0.3) is 0 Å². The monoisotopic (exact) mass is 728 g/mol. The summed E-state index contributed by atoms with van der Waals surface area (Å²) in [6.45, 7) is 5.32. The molecule has 0 bridgehead atoms. The van der Waals surface area contributed by atoms with Crippen LogP contribution in [0.15, 0.2) is 60.7 Å². The van der Waals surface area contributed by atoms with Gasteiger partial charge in [0.15, 0.2) is 0 Å². The predicted octanol–water partition coefficient (Wildman–Crippen LogP) is 7.67. The van der Waals surface area contributed by atoms with Crippen molar-refractivity contribution >= 4 is 0 Å². The van der Waals surface area contributed by atoms with Crippen LogP contribution in [0.25, 0.3) is 11.4 Å². The fourth-order valence-electron chi connectivity index (χ4n) is 7.05. The zero-order valence-corrected chi connectivity index (χ0v) is 30.0. The van der Waals surface area contributed by atoms with Gasteiger partial charge in [0.2, 0.25) is 0 Å². The molecule has 6 heterocycles. The Bertz CT molecular complexity index is 1860. The summed E-state index contributed by atoms with van der Waals surface area (Å²) in [6, 6.07) is 9.65. The maximum atomic E-state index is 14.1. The fraction of sp³-hybridized carbons (Fsp3) is 0.300. The predicted molar refractivity (Wildman–Crippen MR) is 180 cm³/mol. The summed E-state index contributed by atoms with van der Waals surface area (Å²) in [5.74, 6) is -2.68. The van der Waals surface area contributed by atoms with Crippen LogP contribution in [0.4, 0.5) is 17.6 Å². The first kappa shape index (κ1) is 37.0. The Hall–Kier alpha value is -3.77. The minimum Gasteiger partial charge on any atom is -0.370 e. The van der Waals surface area contributed by atoms with Gasteiger partial charge in [-0.1, -0.05) is 0 Å². The molecule has 11 heteroatoms. The van der Waals surface area contributed by atoms with E-state index in [0.717, 1.165) is 72.9 Å². The number of nitrogens with zero attached hydrogens (tertiary/aromatic N) is 4. The first-order chi connectivity index (χ1) is 24.3. The Balaban J connectivity index is 0.000000136. The number of rotatable bonds is 2. The number of benzene rings is 2. The van der Waals surface area contributed by atoms with E-state index < -0.39 is 23.3 Å². The molecule has 10 rings (SSSR count). The molecule has 6 nitrogen and oxygen atoms in total. The van der Waals surface area contributed by atoms with E-state index in [4.69, 9.17) is 9.47 Å². The van der Waals surface area contributed by atoms with Crippen LogP contribution in [-0.4, -0.2) is 33.0 Å². The van der Waals surface area contributed by atoms with Crippen LogP contribution in [0.2, 0.25) is 0 Å². The molecular formula is C40H36F4N4O2Ti. The summed E-state index contributed by atoms with van der Waals surface area (Å²) in [7, 11) is 4.05. The van der Waals surface area contributed by atoms with Crippen molar-refractivity contribution in [3.8, 4) is 11.4 Å². The van der Waals surface area contributed by atoms with Crippen molar-refractivity contribution in [3.63, 3.8) is 0 Å². The van der Waals surface area contributed by atoms with E-state index in [0.29, 0.717) is 37.8 Å². The Labute approximate surface area is 310 Å². The van der Waals surface area contributed by atoms with E-state index in [2.05, 4.69) is 46.2 Å². The van der Waals surface area contributed by atoms with Crippen molar-refractivity contribution in [2.75, 3.05) is 14.1 Å². The van der Waals surface area contributed by atoms with Crippen molar-refractivity contribution in [2.45, 2.75) is 65.4 Å². The summed E-state index contributed by atoms with van der Waals surface area (Å²) < 4.78 is 69.0. The molecule has 2 aromatic heterocycles. The summed E-state index contributed by atoms with van der Waals surface area (Å²) >= 11 is 0. The third-order valence-electron chi connectivity index (χ3n) is 9.20. The number of fused-ring (bicyclic) bond motifs is 6. The van der Waals surface area contributed by atoms with Crippen LogP contribution in [0.1, 0.15) is 57.9 Å². The van der Waals surface area contributed by atoms with Crippen LogP contribution < -0.4 is 0 Å². The fourth-order valence-corrected chi connectivity index (χ4v) is 7.05. The molecule has 0 spiro atoms. The zero-order valence-electron chi connectivity index (χ0n) is 28.5. The third kappa shape index (κ3) is 7.72. The summed E-state index contributed by atoms with van der Waals surface area (Å²) in [5.41, 5.74) is 9.62. The van der Waals surface area contributed by atoms with Crippen LogP contribution >= 0.6 is 0 Å². The smallest absolute Gasteiger partial charge is 0.370 e. The average Bonchev–Trinajstić information content (AvgIpc) is 3.93. The number of hydrogen-bond donors (Lipinski definition) is 0. The molecule has 0 atom stereocenters. The van der Waals surface area contributed by atoms with E-state index in [9.17, 15) is 17.6 Å². The van der Waals surface area contributed by atoms with E-state index in [-0.39, 0.29) is 21.7 Å². The van der Waals surface area contributed by atoms with Gasteiger partial charge in [0.1, 0.15) is 0 Å². The second-order valence-electron chi connectivity index (χ2n) is 12.7. The Morgan fingerprint density at radius 3 is 1.31 bits per heavy atom. The van der Waals surface area contributed by atoms with Gasteiger partial charge in [-0.2, -0.15) is 12.2 Å².